The van der Waals surface area contributed by atoms with E-state index in [1.165, 1.54) is 11.3 Å². The van der Waals surface area contributed by atoms with Gasteiger partial charge in [-0.05, 0) is 45.9 Å². The van der Waals surface area contributed by atoms with Crippen molar-refractivity contribution in [2.45, 2.75) is 46.2 Å². The van der Waals surface area contributed by atoms with E-state index in [1.54, 1.807) is 29.6 Å². The van der Waals surface area contributed by atoms with E-state index in [0.717, 1.165) is 0 Å². The summed E-state index contributed by atoms with van der Waals surface area (Å²) in [5, 5.41) is 8.11. The Hall–Kier alpha value is -2.12. The lowest BCUT2D eigenvalue weighted by Crippen LogP contribution is -2.42. The van der Waals surface area contributed by atoms with Crippen LogP contribution in [0.4, 0.5) is 15.6 Å². The predicted molar refractivity (Wildman–Crippen MR) is 107 cm³/mol. The maximum Gasteiger partial charge on any atom is 0.325 e. The molecule has 8 heteroatoms. The average Bonchev–Trinajstić information content (AvgIpc) is 2.92. The van der Waals surface area contributed by atoms with Crippen molar-refractivity contribution in [2.24, 2.45) is 0 Å². The molecule has 6 nitrogen and oxygen atoms in total. The standard InChI is InChI=1S/C18H23ClN4O2S/c1-11(2)23(12(3)4)16(24)9-15-10-26-18(21-15)22-17(25)20-14-7-5-6-13(19)8-14/h5-8,10-12H,9H2,1-4H3,(H2,20,21,22,25). The SMILES string of the molecule is CC(C)N(C(=O)Cc1csc(NC(=O)Nc2cccc(Cl)c2)n1)C(C)C. The van der Waals surface area contributed by atoms with Gasteiger partial charge in [0.15, 0.2) is 5.13 Å². The summed E-state index contributed by atoms with van der Waals surface area (Å²) < 4.78 is 0. The van der Waals surface area contributed by atoms with Gasteiger partial charge in [-0.2, -0.15) is 0 Å². The van der Waals surface area contributed by atoms with E-state index in [4.69, 9.17) is 11.6 Å². The third-order valence-electron chi connectivity index (χ3n) is 3.59. The number of carbonyl (C=O) groups excluding carboxylic acids is 2. The number of halogens is 1. The van der Waals surface area contributed by atoms with Crippen LogP contribution in [0.5, 0.6) is 0 Å². The Bertz CT molecular complexity index is 768. The first-order chi connectivity index (χ1) is 12.3. The predicted octanol–water partition coefficient (Wildman–Crippen LogP) is 4.63. The molecule has 0 spiro atoms. The zero-order valence-electron chi connectivity index (χ0n) is 15.2. The van der Waals surface area contributed by atoms with Crippen LogP contribution in [0, 0.1) is 0 Å². The maximum atomic E-state index is 12.5. The summed E-state index contributed by atoms with van der Waals surface area (Å²) in [5.74, 6) is 0.0234. The maximum absolute atomic E-state index is 12.5. The van der Waals surface area contributed by atoms with Crippen LogP contribution in [0.3, 0.4) is 0 Å². The fourth-order valence-electron chi connectivity index (χ4n) is 2.69. The molecule has 0 radical (unpaired) electrons. The number of thiazole rings is 1. The molecule has 1 aromatic heterocycles. The van der Waals surface area contributed by atoms with Crippen molar-refractivity contribution in [3.05, 3.63) is 40.4 Å². The molecule has 0 atom stereocenters. The van der Waals surface area contributed by atoms with Gasteiger partial charge in [-0.25, -0.2) is 9.78 Å². The quantitative estimate of drug-likeness (QED) is 0.750. The Morgan fingerprint density at radius 1 is 1.19 bits per heavy atom. The molecule has 0 bridgehead atoms. The van der Waals surface area contributed by atoms with E-state index in [9.17, 15) is 9.59 Å². The normalized spacial score (nSPS) is 10.9. The van der Waals surface area contributed by atoms with Crippen LogP contribution in [-0.4, -0.2) is 33.9 Å². The highest BCUT2D eigenvalue weighted by Crippen LogP contribution is 2.19. The van der Waals surface area contributed by atoms with Gasteiger partial charge in [-0.1, -0.05) is 17.7 Å². The van der Waals surface area contributed by atoms with Crippen molar-refractivity contribution in [2.75, 3.05) is 10.6 Å². The number of nitrogens with zero attached hydrogens (tertiary/aromatic N) is 2. The number of rotatable bonds is 6. The summed E-state index contributed by atoms with van der Waals surface area (Å²) in [6.07, 6.45) is 0.213. The van der Waals surface area contributed by atoms with E-state index < -0.39 is 6.03 Å². The van der Waals surface area contributed by atoms with Gasteiger partial charge >= 0.3 is 6.03 Å². The molecule has 0 fully saturated rings. The second-order valence-corrected chi connectivity index (χ2v) is 7.69. The topological polar surface area (TPSA) is 74.3 Å². The Kier molecular flexibility index (Phi) is 6.99. The molecular formula is C18H23ClN4O2S. The number of anilines is 2. The molecular weight excluding hydrogens is 372 g/mol. The molecule has 2 N–H and O–H groups in total. The molecule has 0 saturated heterocycles. The highest BCUT2D eigenvalue weighted by atomic mass is 35.5. The Balaban J connectivity index is 1.94. The fourth-order valence-corrected chi connectivity index (χ4v) is 3.59. The van der Waals surface area contributed by atoms with Crippen LogP contribution in [0.15, 0.2) is 29.6 Å². The molecule has 3 amide bonds. The van der Waals surface area contributed by atoms with E-state index in [2.05, 4.69) is 15.6 Å². The highest BCUT2D eigenvalue weighted by molar-refractivity contribution is 7.14. The lowest BCUT2D eigenvalue weighted by Gasteiger charge is -2.30. The Morgan fingerprint density at radius 2 is 1.88 bits per heavy atom. The van der Waals surface area contributed by atoms with Crippen LogP contribution in [-0.2, 0) is 11.2 Å². The van der Waals surface area contributed by atoms with Crippen LogP contribution in [0.25, 0.3) is 0 Å². The van der Waals surface area contributed by atoms with Gasteiger partial charge < -0.3 is 10.2 Å². The van der Waals surface area contributed by atoms with Crippen molar-refractivity contribution in [3.63, 3.8) is 0 Å². The van der Waals surface area contributed by atoms with Gasteiger partial charge in [-0.3, -0.25) is 10.1 Å². The molecule has 26 heavy (non-hydrogen) atoms. The van der Waals surface area contributed by atoms with Crippen LogP contribution >= 0.6 is 22.9 Å². The van der Waals surface area contributed by atoms with Gasteiger partial charge in [0.1, 0.15) is 0 Å². The monoisotopic (exact) mass is 394 g/mol. The Morgan fingerprint density at radius 3 is 2.50 bits per heavy atom. The Labute approximate surface area is 162 Å². The second-order valence-electron chi connectivity index (χ2n) is 6.40. The number of carbonyl (C=O) groups is 2. The lowest BCUT2D eigenvalue weighted by molar-refractivity contribution is -0.134. The minimum absolute atomic E-state index is 0.0234. The first-order valence-corrected chi connectivity index (χ1v) is 9.61. The third kappa shape index (κ3) is 5.71. The van der Waals surface area contributed by atoms with E-state index in [0.29, 0.717) is 21.5 Å². The molecule has 0 aliphatic rings. The zero-order chi connectivity index (χ0) is 19.3. The van der Waals surface area contributed by atoms with E-state index >= 15 is 0 Å². The number of urea groups is 1. The minimum atomic E-state index is -0.412. The zero-order valence-corrected chi connectivity index (χ0v) is 16.8. The number of hydrogen-bond acceptors (Lipinski definition) is 4. The minimum Gasteiger partial charge on any atom is -0.338 e. The van der Waals surface area contributed by atoms with Gasteiger partial charge in [-0.15, -0.1) is 11.3 Å². The van der Waals surface area contributed by atoms with Crippen molar-refractivity contribution >= 4 is 45.7 Å². The summed E-state index contributed by atoms with van der Waals surface area (Å²) in [5.41, 5.74) is 1.23. The largest absolute Gasteiger partial charge is 0.338 e. The summed E-state index contributed by atoms with van der Waals surface area (Å²) in [7, 11) is 0. The molecule has 140 valence electrons. The smallest absolute Gasteiger partial charge is 0.325 e. The molecule has 1 aromatic carbocycles. The highest BCUT2D eigenvalue weighted by Gasteiger charge is 2.21. The van der Waals surface area contributed by atoms with Gasteiger partial charge in [0.05, 0.1) is 12.1 Å². The van der Waals surface area contributed by atoms with Gasteiger partial charge in [0, 0.05) is 28.2 Å². The summed E-state index contributed by atoms with van der Waals surface area (Å²) in [6.45, 7) is 7.97. The number of benzene rings is 1. The molecule has 0 saturated carbocycles. The summed E-state index contributed by atoms with van der Waals surface area (Å²) in [6, 6.07) is 6.71. The molecule has 0 unspecified atom stereocenters. The number of aromatic nitrogens is 1. The van der Waals surface area contributed by atoms with E-state index in [1.807, 2.05) is 32.6 Å². The molecule has 0 aliphatic carbocycles. The lowest BCUT2D eigenvalue weighted by atomic mass is 10.2. The van der Waals surface area contributed by atoms with Crippen molar-refractivity contribution in [3.8, 4) is 0 Å². The summed E-state index contributed by atoms with van der Waals surface area (Å²) in [4.78, 5) is 30.7. The summed E-state index contributed by atoms with van der Waals surface area (Å²) >= 11 is 7.17. The number of amides is 3. The first-order valence-electron chi connectivity index (χ1n) is 8.35. The second kappa shape index (κ2) is 9.00. The average molecular weight is 395 g/mol. The molecule has 1 heterocycles. The van der Waals surface area contributed by atoms with Gasteiger partial charge in [0.2, 0.25) is 5.91 Å². The molecule has 2 aromatic rings. The van der Waals surface area contributed by atoms with Crippen LogP contribution < -0.4 is 10.6 Å². The van der Waals surface area contributed by atoms with Crippen molar-refractivity contribution in [1.29, 1.82) is 0 Å². The number of nitrogens with one attached hydrogen (secondary N) is 2. The fraction of sp³-hybridized carbons (Fsp3) is 0.389. The molecule has 2 rings (SSSR count). The third-order valence-corrected chi connectivity index (χ3v) is 4.63. The van der Waals surface area contributed by atoms with E-state index in [-0.39, 0.29) is 24.4 Å². The van der Waals surface area contributed by atoms with Gasteiger partial charge in [0.25, 0.3) is 0 Å². The van der Waals surface area contributed by atoms with Crippen molar-refractivity contribution in [1.82, 2.24) is 9.88 Å². The number of hydrogen-bond donors (Lipinski definition) is 2. The molecule has 0 aliphatic heterocycles. The van der Waals surface area contributed by atoms with Crippen LogP contribution in [0.1, 0.15) is 33.4 Å². The van der Waals surface area contributed by atoms with Crippen molar-refractivity contribution < 1.29 is 9.59 Å². The first kappa shape index (κ1) is 20.2. The van der Waals surface area contributed by atoms with Crippen LogP contribution in [0.2, 0.25) is 5.02 Å².